The Bertz CT molecular complexity index is 2770. The van der Waals surface area contributed by atoms with Gasteiger partial charge in [-0.3, -0.25) is 0 Å². The third kappa shape index (κ3) is 3.47. The van der Waals surface area contributed by atoms with E-state index in [0.717, 1.165) is 0 Å². The fourth-order valence-electron chi connectivity index (χ4n) is 7.47. The molecule has 0 saturated carbocycles. The van der Waals surface area contributed by atoms with Crippen molar-refractivity contribution in [2.45, 2.75) is 0 Å². The summed E-state index contributed by atoms with van der Waals surface area (Å²) in [6.45, 7) is 0. The van der Waals surface area contributed by atoms with E-state index in [1.807, 2.05) is 45.3 Å². The third-order valence-corrected chi connectivity index (χ3v) is 14.5. The molecule has 0 fully saturated rings. The van der Waals surface area contributed by atoms with E-state index in [4.69, 9.17) is 0 Å². The van der Waals surface area contributed by atoms with Gasteiger partial charge >= 0.3 is 0 Å². The molecule has 0 aliphatic rings. The number of benzene rings is 7. The van der Waals surface area contributed by atoms with Crippen molar-refractivity contribution in [2.24, 2.45) is 0 Å². The second-order valence-electron chi connectivity index (χ2n) is 12.0. The summed E-state index contributed by atoms with van der Waals surface area (Å²) in [5, 5.41) is 10.7. The third-order valence-electron chi connectivity index (χ3n) is 9.49. The summed E-state index contributed by atoms with van der Waals surface area (Å²) in [4.78, 5) is 0. The first-order chi connectivity index (χ1) is 22.8. The van der Waals surface area contributed by atoms with Gasteiger partial charge in [-0.05, 0) is 68.1 Å². The molecule has 0 aliphatic heterocycles. The van der Waals surface area contributed by atoms with Crippen molar-refractivity contribution in [3.05, 3.63) is 133 Å². The predicted molar refractivity (Wildman–Crippen MR) is 209 cm³/mol. The molecule has 4 aromatic heterocycles. The first-order valence-corrected chi connectivity index (χ1v) is 18.7. The summed E-state index contributed by atoms with van der Waals surface area (Å²) in [5.74, 6) is 0. The van der Waals surface area contributed by atoms with Gasteiger partial charge < -0.3 is 0 Å². The van der Waals surface area contributed by atoms with Crippen LogP contribution in [-0.2, 0) is 0 Å². The van der Waals surface area contributed by atoms with Crippen molar-refractivity contribution in [3.8, 4) is 22.3 Å². The SMILES string of the molecule is c1ccc2c(c1)sc1c3ccc(-c4c5ccccc5c(-c5ccc6c(c5)sc5c7ccccc7sc65)c5ccccc45)cc3sc21. The van der Waals surface area contributed by atoms with E-state index in [0.29, 0.717) is 0 Å². The molecule has 214 valence electrons. The Hall–Kier alpha value is -4.58. The van der Waals surface area contributed by atoms with Crippen LogP contribution in [0.1, 0.15) is 0 Å². The molecule has 0 atom stereocenters. The maximum Gasteiger partial charge on any atom is 0.0542 e. The molecule has 0 saturated heterocycles. The smallest absolute Gasteiger partial charge is 0.0542 e. The summed E-state index contributed by atoms with van der Waals surface area (Å²) < 4.78 is 11.1. The lowest BCUT2D eigenvalue weighted by atomic mass is 9.86. The molecule has 0 aliphatic carbocycles. The highest BCUT2D eigenvalue weighted by molar-refractivity contribution is 7.37. The van der Waals surface area contributed by atoms with E-state index in [2.05, 4.69) is 133 Å². The Morgan fingerprint density at radius 1 is 0.261 bits per heavy atom. The maximum atomic E-state index is 2.43. The zero-order valence-electron chi connectivity index (χ0n) is 24.3. The van der Waals surface area contributed by atoms with Gasteiger partial charge in [-0.2, -0.15) is 0 Å². The van der Waals surface area contributed by atoms with Gasteiger partial charge in [0.25, 0.3) is 0 Å². The lowest BCUT2D eigenvalue weighted by molar-refractivity contribution is 1.70. The van der Waals surface area contributed by atoms with Crippen molar-refractivity contribution < 1.29 is 0 Å². The number of thiophene rings is 4. The molecule has 0 N–H and O–H groups in total. The van der Waals surface area contributed by atoms with Crippen LogP contribution in [-0.4, -0.2) is 0 Å². The summed E-state index contributed by atoms with van der Waals surface area (Å²) in [7, 11) is 0. The molecule has 11 rings (SSSR count). The Labute approximate surface area is 280 Å². The Balaban J connectivity index is 1.17. The molecule has 7 aromatic carbocycles. The van der Waals surface area contributed by atoms with Gasteiger partial charge in [0, 0.05) is 40.3 Å². The highest BCUT2D eigenvalue weighted by Gasteiger charge is 2.19. The minimum Gasteiger partial charge on any atom is -0.134 e. The van der Waals surface area contributed by atoms with Gasteiger partial charge in [0.15, 0.2) is 0 Å². The van der Waals surface area contributed by atoms with Gasteiger partial charge in [0.2, 0.25) is 0 Å². The molecule has 46 heavy (non-hydrogen) atoms. The fraction of sp³-hybridized carbons (Fsp3) is 0. The second kappa shape index (κ2) is 9.47. The highest BCUT2D eigenvalue weighted by Crippen LogP contribution is 2.49. The molecule has 0 unspecified atom stereocenters. The van der Waals surface area contributed by atoms with Gasteiger partial charge in [-0.25, -0.2) is 0 Å². The van der Waals surface area contributed by atoms with Crippen LogP contribution in [0.3, 0.4) is 0 Å². The lowest BCUT2D eigenvalue weighted by Gasteiger charge is -2.18. The maximum absolute atomic E-state index is 2.43. The molecule has 0 amide bonds. The number of hydrogen-bond acceptors (Lipinski definition) is 4. The molecule has 0 bridgehead atoms. The first-order valence-electron chi connectivity index (χ1n) is 15.4. The van der Waals surface area contributed by atoms with Crippen LogP contribution >= 0.6 is 45.3 Å². The van der Waals surface area contributed by atoms with Crippen molar-refractivity contribution in [3.63, 3.8) is 0 Å². The monoisotopic (exact) mass is 654 g/mol. The zero-order chi connectivity index (χ0) is 29.9. The zero-order valence-corrected chi connectivity index (χ0v) is 27.6. The highest BCUT2D eigenvalue weighted by atomic mass is 32.1. The van der Waals surface area contributed by atoms with Crippen LogP contribution in [0, 0.1) is 0 Å². The van der Waals surface area contributed by atoms with Crippen LogP contribution in [0.2, 0.25) is 0 Å². The molecule has 0 nitrogen and oxygen atoms in total. The summed E-state index contributed by atoms with van der Waals surface area (Å²) >= 11 is 7.71. The van der Waals surface area contributed by atoms with Gasteiger partial charge in [-0.15, -0.1) is 45.3 Å². The van der Waals surface area contributed by atoms with Crippen LogP contribution in [0.15, 0.2) is 133 Å². The van der Waals surface area contributed by atoms with Gasteiger partial charge in [-0.1, -0.05) is 109 Å². The average molecular weight is 655 g/mol. The van der Waals surface area contributed by atoms with E-state index < -0.39 is 0 Å². The van der Waals surface area contributed by atoms with E-state index in [9.17, 15) is 0 Å². The molecular formula is C42H22S4. The van der Waals surface area contributed by atoms with Gasteiger partial charge in [0.1, 0.15) is 0 Å². The van der Waals surface area contributed by atoms with E-state index in [1.54, 1.807) is 0 Å². The van der Waals surface area contributed by atoms with Crippen LogP contribution in [0.25, 0.3) is 103 Å². The standard InChI is InChI=1S/C42H22S4/c1-2-10-26-25(9-1)37(23-17-19-31-35(21-23)45-39-29-13-5-7-15-33(29)43-41(31)39)27-11-3-4-12-28(27)38(26)24-18-20-32-36(22-24)46-40-30-14-6-8-16-34(30)44-42(32)40/h1-22H. The van der Waals surface area contributed by atoms with Crippen LogP contribution in [0.5, 0.6) is 0 Å². The Morgan fingerprint density at radius 2 is 0.565 bits per heavy atom. The molecular weight excluding hydrogens is 633 g/mol. The number of fused-ring (bicyclic) bond motifs is 12. The molecule has 0 radical (unpaired) electrons. The normalized spacial score (nSPS) is 12.3. The lowest BCUT2D eigenvalue weighted by Crippen LogP contribution is -1.90. The quantitative estimate of drug-likeness (QED) is 0.163. The van der Waals surface area contributed by atoms with Crippen molar-refractivity contribution >= 4 is 126 Å². The van der Waals surface area contributed by atoms with Crippen molar-refractivity contribution in [1.82, 2.24) is 0 Å². The molecule has 0 spiro atoms. The summed E-state index contributed by atoms with van der Waals surface area (Å²) in [5.41, 5.74) is 5.21. The van der Waals surface area contributed by atoms with Crippen molar-refractivity contribution in [1.29, 1.82) is 0 Å². The van der Waals surface area contributed by atoms with Crippen molar-refractivity contribution in [2.75, 3.05) is 0 Å². The Kier molecular flexibility index (Phi) is 5.27. The predicted octanol–water partition coefficient (Wildman–Crippen LogP) is 14.5. The number of rotatable bonds is 2. The minimum absolute atomic E-state index is 1.28. The van der Waals surface area contributed by atoms with E-state index in [1.165, 1.54) is 103 Å². The van der Waals surface area contributed by atoms with Crippen LogP contribution < -0.4 is 0 Å². The minimum atomic E-state index is 1.28. The topological polar surface area (TPSA) is 0 Å². The molecule has 4 heteroatoms. The van der Waals surface area contributed by atoms with E-state index in [-0.39, 0.29) is 0 Å². The fourth-order valence-corrected chi connectivity index (χ4v) is 12.9. The van der Waals surface area contributed by atoms with Crippen LogP contribution in [0.4, 0.5) is 0 Å². The largest absolute Gasteiger partial charge is 0.134 e. The molecule has 11 aromatic rings. The second-order valence-corrected chi connectivity index (χ2v) is 16.2. The summed E-state index contributed by atoms with van der Waals surface area (Å²) in [6.07, 6.45) is 0. The number of hydrogen-bond donors (Lipinski definition) is 0. The Morgan fingerprint density at radius 3 is 0.957 bits per heavy atom. The average Bonchev–Trinajstić information content (AvgIpc) is 3.84. The summed E-state index contributed by atoms with van der Waals surface area (Å²) in [6, 6.07) is 49.9. The molecule has 4 heterocycles. The first kappa shape index (κ1) is 25.6. The van der Waals surface area contributed by atoms with E-state index >= 15 is 0 Å². The van der Waals surface area contributed by atoms with Gasteiger partial charge in [0.05, 0.1) is 18.8 Å².